The van der Waals surface area contributed by atoms with Crippen molar-refractivity contribution in [3.8, 4) is 17.2 Å². The van der Waals surface area contributed by atoms with E-state index in [0.29, 0.717) is 29.4 Å². The number of hydrogen-bond acceptors (Lipinski definition) is 4. The smallest absolute Gasteiger partial charge is 0.231 e. The third-order valence-corrected chi connectivity index (χ3v) is 6.29. The zero-order chi connectivity index (χ0) is 23.8. The average molecular weight is 454 g/mol. The summed E-state index contributed by atoms with van der Waals surface area (Å²) in [6, 6.07) is 17.7. The number of hydrogen-bond donors (Lipinski definition) is 0. The van der Waals surface area contributed by atoms with E-state index in [9.17, 15) is 4.79 Å². The van der Waals surface area contributed by atoms with Gasteiger partial charge in [-0.2, -0.15) is 0 Å². The maximum atomic E-state index is 13.0. The third-order valence-electron chi connectivity index (χ3n) is 6.29. The summed E-state index contributed by atoms with van der Waals surface area (Å²) in [4.78, 5) is 13.0. The Hall–Kier alpha value is -3.99. The fourth-order valence-corrected chi connectivity index (χ4v) is 4.32. The van der Waals surface area contributed by atoms with Crippen molar-refractivity contribution in [1.29, 1.82) is 0 Å². The Morgan fingerprint density at radius 1 is 1.00 bits per heavy atom. The highest BCUT2D eigenvalue weighted by Gasteiger charge is 2.28. The van der Waals surface area contributed by atoms with Gasteiger partial charge >= 0.3 is 0 Å². The fourth-order valence-electron chi connectivity index (χ4n) is 4.32. The lowest BCUT2D eigenvalue weighted by Gasteiger charge is -2.10. The van der Waals surface area contributed by atoms with Crippen molar-refractivity contribution in [2.75, 3.05) is 7.11 Å². The molecule has 0 unspecified atom stereocenters. The standard InChI is InChI=1S/C29H27NO4/c1-5-30-16-20(25-14-22(32-4)9-11-26(25)30)13-28-29(31)24-10-8-23(15-27(24)34-28)33-17-21-12-18(2)6-7-19(21)3/h6-16H,5,17H2,1-4H3/b28-13-. The monoisotopic (exact) mass is 453 g/mol. The first-order valence-corrected chi connectivity index (χ1v) is 11.4. The van der Waals surface area contributed by atoms with Gasteiger partial charge in [0.25, 0.3) is 0 Å². The molecule has 0 fully saturated rings. The van der Waals surface area contributed by atoms with Gasteiger partial charge in [0.05, 0.1) is 12.7 Å². The van der Waals surface area contributed by atoms with Crippen LogP contribution in [0.3, 0.4) is 0 Å². The van der Waals surface area contributed by atoms with Crippen LogP contribution in [-0.4, -0.2) is 17.5 Å². The molecule has 0 atom stereocenters. The van der Waals surface area contributed by atoms with Crippen molar-refractivity contribution >= 4 is 22.8 Å². The van der Waals surface area contributed by atoms with Gasteiger partial charge < -0.3 is 18.8 Å². The molecule has 5 rings (SSSR count). The Kier molecular flexibility index (Phi) is 5.62. The Morgan fingerprint density at radius 3 is 2.62 bits per heavy atom. The van der Waals surface area contributed by atoms with E-state index in [-0.39, 0.29) is 5.78 Å². The number of rotatable bonds is 6. The highest BCUT2D eigenvalue weighted by molar-refractivity contribution is 6.15. The van der Waals surface area contributed by atoms with E-state index in [1.807, 2.05) is 36.5 Å². The van der Waals surface area contributed by atoms with Crippen LogP contribution < -0.4 is 14.2 Å². The lowest BCUT2D eigenvalue weighted by Crippen LogP contribution is -1.99. The van der Waals surface area contributed by atoms with Crippen molar-refractivity contribution < 1.29 is 19.0 Å². The number of fused-ring (bicyclic) bond motifs is 2. The van der Waals surface area contributed by atoms with Crippen LogP contribution in [-0.2, 0) is 13.2 Å². The molecule has 2 heterocycles. The molecule has 1 aromatic heterocycles. The lowest BCUT2D eigenvalue weighted by molar-refractivity contribution is 0.101. The van der Waals surface area contributed by atoms with E-state index in [2.05, 4.69) is 43.5 Å². The molecule has 5 nitrogen and oxygen atoms in total. The van der Waals surface area contributed by atoms with Gasteiger partial charge in [0.1, 0.15) is 23.9 Å². The molecule has 0 N–H and O–H groups in total. The van der Waals surface area contributed by atoms with Crippen LogP contribution >= 0.6 is 0 Å². The van der Waals surface area contributed by atoms with Crippen LogP contribution in [0.2, 0.25) is 0 Å². The molecule has 1 aliphatic rings. The van der Waals surface area contributed by atoms with Crippen LogP contribution in [0.25, 0.3) is 17.0 Å². The van der Waals surface area contributed by atoms with Gasteiger partial charge in [-0.1, -0.05) is 23.8 Å². The summed E-state index contributed by atoms with van der Waals surface area (Å²) >= 11 is 0. The molecule has 0 spiro atoms. The van der Waals surface area contributed by atoms with Crippen LogP contribution in [0, 0.1) is 13.8 Å². The number of aryl methyl sites for hydroxylation is 3. The fraction of sp³-hybridized carbons (Fsp3) is 0.207. The highest BCUT2D eigenvalue weighted by Crippen LogP contribution is 2.36. The summed E-state index contributed by atoms with van der Waals surface area (Å²) in [5, 5.41) is 1.01. The maximum absolute atomic E-state index is 13.0. The third kappa shape index (κ3) is 3.94. The van der Waals surface area contributed by atoms with Crippen molar-refractivity contribution in [3.05, 3.63) is 94.4 Å². The number of Topliss-reactive ketones (excluding diaryl/α,β-unsaturated/α-hetero) is 1. The number of methoxy groups -OCH3 is 1. The molecule has 1 aliphatic heterocycles. The summed E-state index contributed by atoms with van der Waals surface area (Å²) in [5.41, 5.74) is 6.07. The van der Waals surface area contributed by atoms with E-state index >= 15 is 0 Å². The summed E-state index contributed by atoms with van der Waals surface area (Å²) in [5.74, 6) is 2.14. The molecule has 4 aromatic rings. The molecule has 34 heavy (non-hydrogen) atoms. The molecule has 0 saturated carbocycles. The zero-order valence-electron chi connectivity index (χ0n) is 19.8. The van der Waals surface area contributed by atoms with Gasteiger partial charge in [0.2, 0.25) is 5.78 Å². The van der Waals surface area contributed by atoms with E-state index in [0.717, 1.165) is 34.3 Å². The molecule has 0 amide bonds. The van der Waals surface area contributed by atoms with Gasteiger partial charge in [-0.15, -0.1) is 0 Å². The van der Waals surface area contributed by atoms with Gasteiger partial charge in [-0.3, -0.25) is 4.79 Å². The van der Waals surface area contributed by atoms with Crippen molar-refractivity contribution in [2.45, 2.75) is 33.9 Å². The Balaban J connectivity index is 1.42. The Morgan fingerprint density at radius 2 is 1.82 bits per heavy atom. The second-order valence-electron chi connectivity index (χ2n) is 8.57. The minimum absolute atomic E-state index is 0.128. The minimum atomic E-state index is -0.128. The van der Waals surface area contributed by atoms with Crippen molar-refractivity contribution in [3.63, 3.8) is 0 Å². The largest absolute Gasteiger partial charge is 0.497 e. The molecular formula is C29H27NO4. The molecule has 172 valence electrons. The zero-order valence-corrected chi connectivity index (χ0v) is 19.8. The Labute approximate surface area is 199 Å². The van der Waals surface area contributed by atoms with Crippen LogP contribution in [0.1, 0.15) is 39.5 Å². The van der Waals surface area contributed by atoms with E-state index in [1.54, 1.807) is 19.2 Å². The number of ether oxygens (including phenoxy) is 3. The molecule has 0 saturated heterocycles. The first-order valence-electron chi connectivity index (χ1n) is 11.4. The van der Waals surface area contributed by atoms with Crippen LogP contribution in [0.4, 0.5) is 0 Å². The number of ketones is 1. The molecule has 0 aliphatic carbocycles. The highest BCUT2D eigenvalue weighted by atomic mass is 16.5. The van der Waals surface area contributed by atoms with Gasteiger partial charge in [-0.25, -0.2) is 0 Å². The maximum Gasteiger partial charge on any atom is 0.231 e. The molecule has 3 aromatic carbocycles. The second kappa shape index (κ2) is 8.75. The normalized spacial score (nSPS) is 13.9. The average Bonchev–Trinajstić information content (AvgIpc) is 3.36. The number of nitrogens with zero attached hydrogens (tertiary/aromatic N) is 1. The number of carbonyl (C=O) groups is 1. The Bertz CT molecular complexity index is 1440. The topological polar surface area (TPSA) is 49.7 Å². The van der Waals surface area contributed by atoms with E-state index < -0.39 is 0 Å². The summed E-state index contributed by atoms with van der Waals surface area (Å²) < 4.78 is 19.6. The number of allylic oxidation sites excluding steroid dienone is 1. The lowest BCUT2D eigenvalue weighted by atomic mass is 10.1. The van der Waals surface area contributed by atoms with Gasteiger partial charge in [-0.05, 0) is 68.3 Å². The minimum Gasteiger partial charge on any atom is -0.497 e. The first kappa shape index (κ1) is 21.8. The predicted octanol–water partition coefficient (Wildman–Crippen LogP) is 6.48. The number of aromatic nitrogens is 1. The number of carbonyl (C=O) groups excluding carboxylic acids is 1. The predicted molar refractivity (Wildman–Crippen MR) is 134 cm³/mol. The molecule has 5 heteroatoms. The summed E-state index contributed by atoms with van der Waals surface area (Å²) in [6.07, 6.45) is 3.85. The first-order chi connectivity index (χ1) is 16.5. The molecular weight excluding hydrogens is 426 g/mol. The van der Waals surface area contributed by atoms with Crippen molar-refractivity contribution in [2.24, 2.45) is 0 Å². The van der Waals surface area contributed by atoms with E-state index in [4.69, 9.17) is 14.2 Å². The van der Waals surface area contributed by atoms with Crippen LogP contribution in [0.15, 0.2) is 66.6 Å². The van der Waals surface area contributed by atoms with Crippen LogP contribution in [0.5, 0.6) is 17.2 Å². The van der Waals surface area contributed by atoms with Gasteiger partial charge in [0, 0.05) is 35.3 Å². The van der Waals surface area contributed by atoms with Crippen molar-refractivity contribution in [1.82, 2.24) is 4.57 Å². The summed E-state index contributed by atoms with van der Waals surface area (Å²) in [7, 11) is 1.65. The molecule has 0 radical (unpaired) electrons. The summed E-state index contributed by atoms with van der Waals surface area (Å²) in [6.45, 7) is 7.52. The SMILES string of the molecule is CCn1cc(/C=C2\Oc3cc(OCc4cc(C)ccc4C)ccc3C2=O)c2cc(OC)ccc21. The quantitative estimate of drug-likeness (QED) is 0.314. The second-order valence-corrected chi connectivity index (χ2v) is 8.57. The van der Waals surface area contributed by atoms with Gasteiger partial charge in [0.15, 0.2) is 5.76 Å². The van der Waals surface area contributed by atoms with E-state index in [1.165, 1.54) is 11.1 Å². The molecule has 0 bridgehead atoms. The number of benzene rings is 3.